The zero-order valence-corrected chi connectivity index (χ0v) is 12.9. The highest BCUT2D eigenvalue weighted by atomic mass is 32.2. The van der Waals surface area contributed by atoms with Crippen LogP contribution in [-0.2, 0) is 14.6 Å². The lowest BCUT2D eigenvalue weighted by atomic mass is 10.0. The van der Waals surface area contributed by atoms with E-state index in [4.69, 9.17) is 4.74 Å². The molecule has 2 N–H and O–H groups in total. The summed E-state index contributed by atoms with van der Waals surface area (Å²) in [6.45, 7) is 4.23. The number of rotatable bonds is 4. The first-order valence-electron chi connectivity index (χ1n) is 7.00. The largest absolute Gasteiger partial charge is 0.379 e. The van der Waals surface area contributed by atoms with Crippen LogP contribution in [0.3, 0.4) is 0 Å². The Morgan fingerprint density at radius 2 is 2.24 bits per heavy atom. The minimum atomic E-state index is -3.21. The number of hydrogen-bond donors (Lipinski definition) is 2. The van der Waals surface area contributed by atoms with Gasteiger partial charge in [-0.05, 0) is 24.7 Å². The Morgan fingerprint density at radius 1 is 1.43 bits per heavy atom. The van der Waals surface area contributed by atoms with Crippen molar-refractivity contribution in [3.63, 3.8) is 0 Å². The summed E-state index contributed by atoms with van der Waals surface area (Å²) in [5, 5.41) is 3.39. The maximum Gasteiger partial charge on any atom is 0.175 e. The van der Waals surface area contributed by atoms with Crippen LogP contribution < -0.4 is 5.32 Å². The fourth-order valence-corrected chi connectivity index (χ4v) is 3.35. The number of aromatic nitrogens is 2. The molecule has 2 atom stereocenters. The van der Waals surface area contributed by atoms with Crippen LogP contribution in [-0.4, -0.2) is 50.4 Å². The molecule has 0 saturated carbocycles. The van der Waals surface area contributed by atoms with E-state index < -0.39 is 9.84 Å². The molecule has 114 valence electrons. The van der Waals surface area contributed by atoms with Crippen LogP contribution in [0.15, 0.2) is 23.1 Å². The summed E-state index contributed by atoms with van der Waals surface area (Å²) in [5.74, 6) is 1.01. The summed E-state index contributed by atoms with van der Waals surface area (Å²) in [5.41, 5.74) is 1.52. The number of sulfone groups is 1. The molecule has 1 aliphatic heterocycles. The van der Waals surface area contributed by atoms with Crippen molar-refractivity contribution in [1.82, 2.24) is 15.3 Å². The smallest absolute Gasteiger partial charge is 0.175 e. The number of aromatic amines is 1. The minimum Gasteiger partial charge on any atom is -0.379 e. The molecule has 0 radical (unpaired) electrons. The third kappa shape index (κ3) is 2.81. The van der Waals surface area contributed by atoms with Gasteiger partial charge in [0.1, 0.15) is 5.82 Å². The van der Waals surface area contributed by atoms with Gasteiger partial charge in [0.2, 0.25) is 0 Å². The van der Waals surface area contributed by atoms with Crippen molar-refractivity contribution in [2.24, 2.45) is 0 Å². The topological polar surface area (TPSA) is 84.1 Å². The number of nitrogens with zero attached hydrogens (tertiary/aromatic N) is 1. The van der Waals surface area contributed by atoms with Gasteiger partial charge in [0.15, 0.2) is 9.84 Å². The molecule has 2 heterocycles. The Bertz CT molecular complexity index is 754. The number of imidazole rings is 1. The first-order valence-corrected chi connectivity index (χ1v) is 8.89. The Balaban J connectivity index is 1.97. The van der Waals surface area contributed by atoms with E-state index in [-0.39, 0.29) is 12.0 Å². The Hall–Kier alpha value is -1.44. The first kappa shape index (κ1) is 14.5. The molecular formula is C14H19N3O3S. The molecule has 7 heteroatoms. The molecule has 2 aromatic rings. The number of likely N-dealkylation sites (N-methyl/N-ethyl adjacent to an activating group) is 1. The lowest BCUT2D eigenvalue weighted by molar-refractivity contribution is 0.187. The van der Waals surface area contributed by atoms with Gasteiger partial charge in [-0.15, -0.1) is 0 Å². The summed E-state index contributed by atoms with van der Waals surface area (Å²) in [6, 6.07) is 5.21. The maximum absolute atomic E-state index is 11.6. The van der Waals surface area contributed by atoms with Gasteiger partial charge in [0, 0.05) is 12.3 Å². The summed E-state index contributed by atoms with van der Waals surface area (Å²) in [4.78, 5) is 8.12. The second-order valence-electron chi connectivity index (χ2n) is 5.38. The Kier molecular flexibility index (Phi) is 3.73. The zero-order chi connectivity index (χ0) is 15.0. The predicted molar refractivity (Wildman–Crippen MR) is 80.2 cm³/mol. The summed E-state index contributed by atoms with van der Waals surface area (Å²) in [7, 11) is -3.21. The molecule has 21 heavy (non-hydrogen) atoms. The first-order chi connectivity index (χ1) is 9.99. The highest BCUT2D eigenvalue weighted by Crippen LogP contribution is 2.26. The van der Waals surface area contributed by atoms with E-state index in [9.17, 15) is 8.42 Å². The molecule has 1 aromatic heterocycles. The maximum atomic E-state index is 11.6. The third-order valence-electron chi connectivity index (χ3n) is 3.80. The highest BCUT2D eigenvalue weighted by molar-refractivity contribution is 7.90. The fourth-order valence-electron chi connectivity index (χ4n) is 2.70. The van der Waals surface area contributed by atoms with Gasteiger partial charge in [-0.2, -0.15) is 0 Å². The van der Waals surface area contributed by atoms with Crippen molar-refractivity contribution < 1.29 is 13.2 Å². The van der Waals surface area contributed by atoms with E-state index >= 15 is 0 Å². The zero-order valence-electron chi connectivity index (χ0n) is 12.1. The van der Waals surface area contributed by atoms with E-state index in [2.05, 4.69) is 22.2 Å². The van der Waals surface area contributed by atoms with Gasteiger partial charge < -0.3 is 15.0 Å². The van der Waals surface area contributed by atoms with Crippen LogP contribution in [0.2, 0.25) is 0 Å². The normalized spacial score (nSPS) is 23.0. The lowest BCUT2D eigenvalue weighted by Crippen LogP contribution is -2.34. The molecule has 0 spiro atoms. The molecule has 1 saturated heterocycles. The molecule has 1 fully saturated rings. The van der Waals surface area contributed by atoms with Gasteiger partial charge in [0.25, 0.3) is 0 Å². The second kappa shape index (κ2) is 5.40. The van der Waals surface area contributed by atoms with E-state index in [1.165, 1.54) is 6.26 Å². The van der Waals surface area contributed by atoms with Crippen LogP contribution >= 0.6 is 0 Å². The van der Waals surface area contributed by atoms with Crippen LogP contribution in [0.4, 0.5) is 0 Å². The van der Waals surface area contributed by atoms with Crippen LogP contribution in [0.1, 0.15) is 18.7 Å². The molecule has 6 nitrogen and oxygen atoms in total. The van der Waals surface area contributed by atoms with Gasteiger partial charge in [-0.3, -0.25) is 0 Å². The van der Waals surface area contributed by atoms with E-state index in [0.29, 0.717) is 18.1 Å². The van der Waals surface area contributed by atoms with Crippen molar-refractivity contribution in [2.75, 3.05) is 26.0 Å². The second-order valence-corrected chi connectivity index (χ2v) is 7.40. The number of ether oxygens (including phenoxy) is 1. The number of fused-ring (bicyclic) bond motifs is 1. The molecule has 1 aliphatic rings. The summed E-state index contributed by atoms with van der Waals surface area (Å²) < 4.78 is 28.8. The monoisotopic (exact) mass is 309 g/mol. The number of benzene rings is 1. The van der Waals surface area contributed by atoms with Crippen molar-refractivity contribution in [3.05, 3.63) is 24.0 Å². The predicted octanol–water partition coefficient (Wildman–Crippen LogP) is 1.06. The third-order valence-corrected chi connectivity index (χ3v) is 4.91. The van der Waals surface area contributed by atoms with Gasteiger partial charge >= 0.3 is 0 Å². The average molecular weight is 309 g/mol. The molecule has 0 aliphatic carbocycles. The van der Waals surface area contributed by atoms with Gasteiger partial charge in [-0.1, -0.05) is 6.92 Å². The quantitative estimate of drug-likeness (QED) is 0.882. The average Bonchev–Trinajstić information content (AvgIpc) is 3.02. The molecule has 0 amide bonds. The van der Waals surface area contributed by atoms with Crippen LogP contribution in [0.5, 0.6) is 0 Å². The molecule has 1 aromatic carbocycles. The van der Waals surface area contributed by atoms with Crippen molar-refractivity contribution in [2.45, 2.75) is 23.8 Å². The Labute approximate surface area is 123 Å². The minimum absolute atomic E-state index is 0.166. The Morgan fingerprint density at radius 3 is 2.95 bits per heavy atom. The van der Waals surface area contributed by atoms with Crippen molar-refractivity contribution >= 4 is 20.9 Å². The van der Waals surface area contributed by atoms with E-state index in [0.717, 1.165) is 23.4 Å². The van der Waals surface area contributed by atoms with E-state index in [1.54, 1.807) is 18.2 Å². The van der Waals surface area contributed by atoms with Crippen molar-refractivity contribution in [3.8, 4) is 0 Å². The number of H-pyrrole nitrogens is 1. The SMILES string of the molecule is CCNC1COCC1c1nc2ccc(S(C)(=O)=O)cc2[nH]1. The van der Waals surface area contributed by atoms with Gasteiger partial charge in [-0.25, -0.2) is 13.4 Å². The van der Waals surface area contributed by atoms with Crippen LogP contribution in [0, 0.1) is 0 Å². The highest BCUT2D eigenvalue weighted by Gasteiger charge is 2.31. The van der Waals surface area contributed by atoms with Crippen molar-refractivity contribution in [1.29, 1.82) is 0 Å². The molecular weight excluding hydrogens is 290 g/mol. The van der Waals surface area contributed by atoms with Gasteiger partial charge in [0.05, 0.1) is 35.1 Å². The lowest BCUT2D eigenvalue weighted by Gasteiger charge is -2.15. The standard InChI is InChI=1S/C14H19N3O3S/c1-3-15-13-8-20-7-10(13)14-16-11-5-4-9(21(2,18)19)6-12(11)17-14/h4-6,10,13,15H,3,7-8H2,1-2H3,(H,16,17). The molecule has 3 rings (SSSR count). The summed E-state index contributed by atoms with van der Waals surface area (Å²) >= 11 is 0. The number of hydrogen-bond acceptors (Lipinski definition) is 5. The molecule has 0 bridgehead atoms. The molecule has 2 unspecified atom stereocenters. The summed E-state index contributed by atoms with van der Waals surface area (Å²) in [6.07, 6.45) is 1.21. The van der Waals surface area contributed by atoms with Crippen LogP contribution in [0.25, 0.3) is 11.0 Å². The fraction of sp³-hybridized carbons (Fsp3) is 0.500. The van der Waals surface area contributed by atoms with E-state index in [1.807, 2.05) is 0 Å². The number of nitrogens with one attached hydrogen (secondary N) is 2.